The van der Waals surface area contributed by atoms with Crippen molar-refractivity contribution in [3.63, 3.8) is 0 Å². The molecule has 1 saturated carbocycles. The van der Waals surface area contributed by atoms with Crippen molar-refractivity contribution in [1.82, 2.24) is 10.2 Å². The average Bonchev–Trinajstić information content (AvgIpc) is 3.16. The molecular formula is C14H30N2O. The third-order valence-electron chi connectivity index (χ3n) is 3.56. The van der Waals surface area contributed by atoms with Gasteiger partial charge in [-0.05, 0) is 45.7 Å². The van der Waals surface area contributed by atoms with E-state index in [1.54, 1.807) is 0 Å². The summed E-state index contributed by atoms with van der Waals surface area (Å²) < 4.78 is 0. The lowest BCUT2D eigenvalue weighted by Crippen LogP contribution is -2.54. The van der Waals surface area contributed by atoms with Crippen LogP contribution in [-0.2, 0) is 0 Å². The minimum absolute atomic E-state index is 0.133. The molecule has 0 radical (unpaired) electrons. The maximum atomic E-state index is 9.60. The largest absolute Gasteiger partial charge is 0.394 e. The van der Waals surface area contributed by atoms with Crippen molar-refractivity contribution in [3.05, 3.63) is 0 Å². The van der Waals surface area contributed by atoms with Crippen molar-refractivity contribution in [2.45, 2.75) is 64.5 Å². The highest BCUT2D eigenvalue weighted by molar-refractivity contribution is 4.92. The Bertz CT molecular complexity index is 206. The Morgan fingerprint density at radius 1 is 1.29 bits per heavy atom. The van der Waals surface area contributed by atoms with E-state index in [2.05, 4.69) is 31.0 Å². The fourth-order valence-electron chi connectivity index (χ4n) is 2.23. The summed E-state index contributed by atoms with van der Waals surface area (Å²) in [4.78, 5) is 2.57. The van der Waals surface area contributed by atoms with Gasteiger partial charge in [-0.2, -0.15) is 0 Å². The maximum absolute atomic E-state index is 9.60. The summed E-state index contributed by atoms with van der Waals surface area (Å²) in [6.45, 7) is 9.93. The highest BCUT2D eigenvalue weighted by Crippen LogP contribution is 2.28. The van der Waals surface area contributed by atoms with E-state index in [-0.39, 0.29) is 12.1 Å². The number of aliphatic hydroxyl groups excluding tert-OH is 1. The number of aliphatic hydroxyl groups is 1. The van der Waals surface area contributed by atoms with Crippen LogP contribution in [0.15, 0.2) is 0 Å². The first kappa shape index (κ1) is 14.9. The first-order valence-electron chi connectivity index (χ1n) is 7.25. The van der Waals surface area contributed by atoms with E-state index >= 15 is 0 Å². The van der Waals surface area contributed by atoms with E-state index in [1.165, 1.54) is 32.2 Å². The first-order valence-corrected chi connectivity index (χ1v) is 7.25. The Morgan fingerprint density at radius 2 is 2.00 bits per heavy atom. The van der Waals surface area contributed by atoms with Gasteiger partial charge in [-0.25, -0.2) is 0 Å². The van der Waals surface area contributed by atoms with E-state index in [0.29, 0.717) is 0 Å². The second-order valence-corrected chi connectivity index (χ2v) is 5.70. The highest BCUT2D eigenvalue weighted by atomic mass is 16.3. The van der Waals surface area contributed by atoms with Crippen molar-refractivity contribution in [2.75, 3.05) is 26.2 Å². The molecule has 1 aliphatic carbocycles. The highest BCUT2D eigenvalue weighted by Gasteiger charge is 2.33. The molecular weight excluding hydrogens is 212 g/mol. The number of rotatable bonds is 10. The van der Waals surface area contributed by atoms with Crippen molar-refractivity contribution >= 4 is 0 Å². The summed E-state index contributed by atoms with van der Waals surface area (Å²) in [5, 5.41) is 13.1. The minimum atomic E-state index is -0.133. The molecule has 0 aromatic heterocycles. The van der Waals surface area contributed by atoms with Crippen LogP contribution < -0.4 is 5.32 Å². The Kier molecular flexibility index (Phi) is 6.45. The molecule has 1 aliphatic rings. The predicted molar refractivity (Wildman–Crippen MR) is 73.3 cm³/mol. The van der Waals surface area contributed by atoms with Gasteiger partial charge < -0.3 is 10.4 Å². The van der Waals surface area contributed by atoms with Crippen LogP contribution in [0.1, 0.15) is 52.9 Å². The van der Waals surface area contributed by atoms with Gasteiger partial charge >= 0.3 is 0 Å². The molecule has 0 aliphatic heterocycles. The van der Waals surface area contributed by atoms with E-state index in [1.807, 2.05) is 0 Å². The van der Waals surface area contributed by atoms with Crippen LogP contribution in [0.4, 0.5) is 0 Å². The predicted octanol–water partition coefficient (Wildman–Crippen LogP) is 2.00. The maximum Gasteiger partial charge on any atom is 0.0623 e. The van der Waals surface area contributed by atoms with Gasteiger partial charge in [0.05, 0.1) is 12.1 Å². The van der Waals surface area contributed by atoms with E-state index in [9.17, 15) is 5.11 Å². The van der Waals surface area contributed by atoms with Gasteiger partial charge in [-0.1, -0.05) is 20.3 Å². The summed E-state index contributed by atoms with van der Waals surface area (Å²) in [6, 6.07) is 0.788. The number of hydrogen-bond donors (Lipinski definition) is 2. The van der Waals surface area contributed by atoms with Crippen molar-refractivity contribution in [3.8, 4) is 0 Å². The molecule has 0 amide bonds. The van der Waals surface area contributed by atoms with Crippen LogP contribution >= 0.6 is 0 Å². The van der Waals surface area contributed by atoms with Crippen LogP contribution in [0.5, 0.6) is 0 Å². The minimum Gasteiger partial charge on any atom is -0.394 e. The summed E-state index contributed by atoms with van der Waals surface area (Å²) in [6.07, 6.45) is 6.33. The molecule has 3 heteroatoms. The van der Waals surface area contributed by atoms with Gasteiger partial charge in [-0.3, -0.25) is 4.90 Å². The lowest BCUT2D eigenvalue weighted by atomic mass is 10.0. The Balaban J connectivity index is 2.43. The van der Waals surface area contributed by atoms with Gasteiger partial charge in [0.25, 0.3) is 0 Å². The van der Waals surface area contributed by atoms with Gasteiger partial charge in [0.2, 0.25) is 0 Å². The second-order valence-electron chi connectivity index (χ2n) is 5.70. The monoisotopic (exact) mass is 242 g/mol. The molecule has 0 saturated heterocycles. The van der Waals surface area contributed by atoms with Crippen LogP contribution in [0.2, 0.25) is 0 Å². The number of unbranched alkanes of at least 4 members (excludes halogenated alkanes) is 1. The molecule has 1 rings (SSSR count). The van der Waals surface area contributed by atoms with Crippen molar-refractivity contribution in [2.24, 2.45) is 0 Å². The van der Waals surface area contributed by atoms with Gasteiger partial charge in [0, 0.05) is 12.6 Å². The van der Waals surface area contributed by atoms with Gasteiger partial charge in [-0.15, -0.1) is 0 Å². The summed E-state index contributed by atoms with van der Waals surface area (Å²) in [5.74, 6) is 0. The van der Waals surface area contributed by atoms with Crippen LogP contribution in [0, 0.1) is 0 Å². The molecule has 17 heavy (non-hydrogen) atoms. The number of nitrogens with one attached hydrogen (secondary N) is 1. The Labute approximate surface area is 107 Å². The smallest absolute Gasteiger partial charge is 0.0623 e. The summed E-state index contributed by atoms with van der Waals surface area (Å²) in [5.41, 5.74) is -0.133. The quantitative estimate of drug-likeness (QED) is 0.615. The molecule has 1 fully saturated rings. The van der Waals surface area contributed by atoms with Gasteiger partial charge in [0.1, 0.15) is 0 Å². The molecule has 0 aromatic rings. The molecule has 2 N–H and O–H groups in total. The second kappa shape index (κ2) is 7.34. The van der Waals surface area contributed by atoms with E-state index in [0.717, 1.165) is 25.6 Å². The fraction of sp³-hybridized carbons (Fsp3) is 1.00. The Morgan fingerprint density at radius 3 is 2.47 bits per heavy atom. The van der Waals surface area contributed by atoms with Crippen LogP contribution in [0.25, 0.3) is 0 Å². The standard InChI is InChI=1S/C14H30N2O/c1-4-6-10-16(13-7-8-13)11-14(3,12-17)15-9-5-2/h13,15,17H,4-12H2,1-3H3. The molecule has 0 heterocycles. The summed E-state index contributed by atoms with van der Waals surface area (Å²) >= 11 is 0. The molecule has 0 aromatic carbocycles. The van der Waals surface area contributed by atoms with Crippen molar-refractivity contribution < 1.29 is 5.11 Å². The third kappa shape index (κ3) is 5.36. The molecule has 1 atom stereocenters. The molecule has 1 unspecified atom stereocenters. The summed E-state index contributed by atoms with van der Waals surface area (Å²) in [7, 11) is 0. The average molecular weight is 242 g/mol. The molecule has 102 valence electrons. The van der Waals surface area contributed by atoms with Crippen molar-refractivity contribution in [1.29, 1.82) is 0 Å². The molecule has 3 nitrogen and oxygen atoms in total. The zero-order valence-electron chi connectivity index (χ0n) is 11.8. The van der Waals surface area contributed by atoms with Gasteiger partial charge in [0.15, 0.2) is 0 Å². The first-order chi connectivity index (χ1) is 8.15. The van der Waals surface area contributed by atoms with Crippen LogP contribution in [0.3, 0.4) is 0 Å². The fourth-order valence-corrected chi connectivity index (χ4v) is 2.23. The normalized spacial score (nSPS) is 19.6. The SMILES string of the molecule is CCCCN(CC(C)(CO)NCCC)C1CC1. The number of hydrogen-bond acceptors (Lipinski definition) is 3. The lowest BCUT2D eigenvalue weighted by molar-refractivity contribution is 0.115. The zero-order chi connectivity index (χ0) is 12.7. The van der Waals surface area contributed by atoms with E-state index in [4.69, 9.17) is 0 Å². The lowest BCUT2D eigenvalue weighted by Gasteiger charge is -2.35. The molecule has 0 bridgehead atoms. The van der Waals surface area contributed by atoms with E-state index < -0.39 is 0 Å². The molecule has 0 spiro atoms. The Hall–Kier alpha value is -0.120. The zero-order valence-corrected chi connectivity index (χ0v) is 11.8. The topological polar surface area (TPSA) is 35.5 Å². The third-order valence-corrected chi connectivity index (χ3v) is 3.56. The van der Waals surface area contributed by atoms with Crippen LogP contribution in [-0.4, -0.2) is 47.8 Å². The number of nitrogens with zero attached hydrogens (tertiary/aromatic N) is 1.